The van der Waals surface area contributed by atoms with Gasteiger partial charge in [0.1, 0.15) is 0 Å². The van der Waals surface area contributed by atoms with Crippen LogP contribution < -0.4 is 0 Å². The summed E-state index contributed by atoms with van der Waals surface area (Å²) in [4.78, 5) is 0. The SMILES string of the molecule is CCC(C)CCCC(C)P. The molecule has 0 radical (unpaired) electrons. The lowest BCUT2D eigenvalue weighted by Crippen LogP contribution is -1.95. The summed E-state index contributed by atoms with van der Waals surface area (Å²) in [6, 6.07) is 0. The fraction of sp³-hybridized carbons (Fsp3) is 1.00. The number of hydrogen-bond acceptors (Lipinski definition) is 0. The normalized spacial score (nSPS) is 16.8. The van der Waals surface area contributed by atoms with Gasteiger partial charge in [-0.15, -0.1) is 9.24 Å². The molecular weight excluding hydrogens is 139 g/mol. The van der Waals surface area contributed by atoms with E-state index in [2.05, 4.69) is 30.0 Å². The first kappa shape index (κ1) is 10.4. The highest BCUT2D eigenvalue weighted by atomic mass is 31.0. The third kappa shape index (κ3) is 6.55. The fourth-order valence-corrected chi connectivity index (χ4v) is 1.23. The molecule has 0 aliphatic rings. The van der Waals surface area contributed by atoms with Crippen LogP contribution in [0.4, 0.5) is 0 Å². The predicted molar refractivity (Wildman–Crippen MR) is 52.5 cm³/mol. The molecule has 0 N–H and O–H groups in total. The third-order valence-corrected chi connectivity index (χ3v) is 2.39. The van der Waals surface area contributed by atoms with E-state index in [1.807, 2.05) is 0 Å². The Kier molecular flexibility index (Phi) is 6.43. The van der Waals surface area contributed by atoms with Gasteiger partial charge in [0.2, 0.25) is 0 Å². The molecule has 3 unspecified atom stereocenters. The molecule has 0 amide bonds. The van der Waals surface area contributed by atoms with E-state index in [4.69, 9.17) is 0 Å². The van der Waals surface area contributed by atoms with Crippen molar-refractivity contribution in [1.82, 2.24) is 0 Å². The Morgan fingerprint density at radius 2 is 1.80 bits per heavy atom. The van der Waals surface area contributed by atoms with Crippen molar-refractivity contribution >= 4 is 9.24 Å². The summed E-state index contributed by atoms with van der Waals surface area (Å²) in [6.07, 6.45) is 5.52. The van der Waals surface area contributed by atoms with Gasteiger partial charge in [-0.2, -0.15) is 0 Å². The van der Waals surface area contributed by atoms with E-state index in [0.717, 1.165) is 11.6 Å². The topological polar surface area (TPSA) is 0 Å². The van der Waals surface area contributed by atoms with Crippen LogP contribution in [0.25, 0.3) is 0 Å². The Hall–Kier alpha value is 0.430. The zero-order valence-electron chi connectivity index (χ0n) is 7.56. The van der Waals surface area contributed by atoms with Crippen molar-refractivity contribution in [3.05, 3.63) is 0 Å². The molecule has 62 valence electrons. The first-order valence-corrected chi connectivity index (χ1v) is 5.09. The van der Waals surface area contributed by atoms with E-state index in [1.54, 1.807) is 0 Å². The lowest BCUT2D eigenvalue weighted by atomic mass is 10.0. The van der Waals surface area contributed by atoms with Gasteiger partial charge in [-0.05, 0) is 18.0 Å². The van der Waals surface area contributed by atoms with Crippen molar-refractivity contribution in [2.75, 3.05) is 0 Å². The third-order valence-electron chi connectivity index (χ3n) is 2.05. The van der Waals surface area contributed by atoms with Gasteiger partial charge in [-0.1, -0.05) is 40.0 Å². The van der Waals surface area contributed by atoms with Crippen molar-refractivity contribution in [2.45, 2.75) is 52.1 Å². The van der Waals surface area contributed by atoms with Crippen LogP contribution in [0, 0.1) is 5.92 Å². The summed E-state index contributed by atoms with van der Waals surface area (Å²) in [5.41, 5.74) is 0.809. The molecule has 0 bridgehead atoms. The second-order valence-electron chi connectivity index (χ2n) is 3.42. The average molecular weight is 160 g/mol. The standard InChI is InChI=1S/C9H21P/c1-4-8(2)6-5-7-9(3)10/h8-9H,4-7,10H2,1-3H3. The largest absolute Gasteiger partial charge is 0.135 e. The molecule has 10 heavy (non-hydrogen) atoms. The van der Waals surface area contributed by atoms with E-state index in [0.29, 0.717) is 0 Å². The average Bonchev–Trinajstić information content (AvgIpc) is 1.87. The van der Waals surface area contributed by atoms with Gasteiger partial charge in [0.05, 0.1) is 0 Å². The lowest BCUT2D eigenvalue weighted by Gasteiger charge is -2.08. The highest BCUT2D eigenvalue weighted by molar-refractivity contribution is 7.17. The molecule has 0 fully saturated rings. The summed E-state index contributed by atoms with van der Waals surface area (Å²) < 4.78 is 0. The van der Waals surface area contributed by atoms with E-state index >= 15 is 0 Å². The van der Waals surface area contributed by atoms with E-state index in [-0.39, 0.29) is 0 Å². The fourth-order valence-electron chi connectivity index (χ4n) is 0.992. The van der Waals surface area contributed by atoms with E-state index in [1.165, 1.54) is 25.7 Å². The van der Waals surface area contributed by atoms with Crippen LogP contribution in [-0.2, 0) is 0 Å². The molecule has 0 heterocycles. The number of rotatable bonds is 5. The minimum Gasteiger partial charge on any atom is -0.135 e. The van der Waals surface area contributed by atoms with Crippen molar-refractivity contribution < 1.29 is 0 Å². The molecule has 0 aliphatic carbocycles. The molecule has 0 saturated heterocycles. The molecule has 0 aromatic carbocycles. The van der Waals surface area contributed by atoms with Crippen LogP contribution in [-0.4, -0.2) is 5.66 Å². The first-order valence-electron chi connectivity index (χ1n) is 4.42. The van der Waals surface area contributed by atoms with Gasteiger partial charge in [0.15, 0.2) is 0 Å². The maximum Gasteiger partial charge on any atom is -0.0293 e. The van der Waals surface area contributed by atoms with Gasteiger partial charge in [0, 0.05) is 0 Å². The Balaban J connectivity index is 3.03. The zero-order chi connectivity index (χ0) is 7.98. The quantitative estimate of drug-likeness (QED) is 0.540. The summed E-state index contributed by atoms with van der Waals surface area (Å²) >= 11 is 0. The summed E-state index contributed by atoms with van der Waals surface area (Å²) in [5.74, 6) is 0.934. The molecule has 0 rings (SSSR count). The van der Waals surface area contributed by atoms with Crippen LogP contribution in [0.5, 0.6) is 0 Å². The highest BCUT2D eigenvalue weighted by Crippen LogP contribution is 2.14. The van der Waals surface area contributed by atoms with E-state index in [9.17, 15) is 0 Å². The van der Waals surface area contributed by atoms with Gasteiger partial charge in [0.25, 0.3) is 0 Å². The van der Waals surface area contributed by atoms with Gasteiger partial charge < -0.3 is 0 Å². The maximum atomic E-state index is 2.86. The van der Waals surface area contributed by atoms with Gasteiger partial charge in [-0.3, -0.25) is 0 Å². The molecule has 0 aromatic heterocycles. The van der Waals surface area contributed by atoms with Gasteiger partial charge >= 0.3 is 0 Å². The molecule has 0 saturated carbocycles. The predicted octanol–water partition coefficient (Wildman–Crippen LogP) is 3.47. The summed E-state index contributed by atoms with van der Waals surface area (Å²) in [6.45, 7) is 6.88. The monoisotopic (exact) mass is 160 g/mol. The zero-order valence-corrected chi connectivity index (χ0v) is 8.72. The minimum atomic E-state index is 0.809. The van der Waals surface area contributed by atoms with Crippen molar-refractivity contribution in [3.8, 4) is 0 Å². The van der Waals surface area contributed by atoms with Crippen molar-refractivity contribution in [2.24, 2.45) is 5.92 Å². The minimum absolute atomic E-state index is 0.809. The highest BCUT2D eigenvalue weighted by Gasteiger charge is 1.99. The summed E-state index contributed by atoms with van der Waals surface area (Å²) in [5, 5.41) is 0. The molecular formula is C9H21P. The Bertz CT molecular complexity index is 69.1. The van der Waals surface area contributed by atoms with Crippen LogP contribution >= 0.6 is 9.24 Å². The molecule has 0 nitrogen and oxygen atoms in total. The lowest BCUT2D eigenvalue weighted by molar-refractivity contribution is 0.484. The van der Waals surface area contributed by atoms with Crippen molar-refractivity contribution in [1.29, 1.82) is 0 Å². The Morgan fingerprint density at radius 1 is 1.20 bits per heavy atom. The van der Waals surface area contributed by atoms with Gasteiger partial charge in [-0.25, -0.2) is 0 Å². The molecule has 0 spiro atoms. The van der Waals surface area contributed by atoms with Crippen molar-refractivity contribution in [3.63, 3.8) is 0 Å². The van der Waals surface area contributed by atoms with Crippen LogP contribution in [0.3, 0.4) is 0 Å². The molecule has 0 aliphatic heterocycles. The molecule has 3 atom stereocenters. The van der Waals surface area contributed by atoms with E-state index < -0.39 is 0 Å². The maximum absolute atomic E-state index is 2.86. The Labute approximate surface area is 68.0 Å². The first-order chi connectivity index (χ1) is 4.66. The Morgan fingerprint density at radius 3 is 2.20 bits per heavy atom. The smallest absolute Gasteiger partial charge is 0.0293 e. The second-order valence-corrected chi connectivity index (χ2v) is 4.56. The van der Waals surface area contributed by atoms with Crippen LogP contribution in [0.1, 0.15) is 46.5 Å². The second kappa shape index (κ2) is 6.16. The van der Waals surface area contributed by atoms with Crippen LogP contribution in [0.2, 0.25) is 0 Å². The molecule has 0 aromatic rings. The summed E-state index contributed by atoms with van der Waals surface area (Å²) in [7, 11) is 2.86. The molecule has 1 heteroatoms. The van der Waals surface area contributed by atoms with Crippen LogP contribution in [0.15, 0.2) is 0 Å². The number of hydrogen-bond donors (Lipinski definition) is 0.